The third-order valence-electron chi connectivity index (χ3n) is 10.2. The summed E-state index contributed by atoms with van der Waals surface area (Å²) in [6.07, 6.45) is 6.07. The zero-order chi connectivity index (χ0) is 29.7. The molecule has 0 radical (unpaired) electrons. The van der Waals surface area contributed by atoms with E-state index in [1.807, 2.05) is 42.6 Å². The first-order chi connectivity index (χ1) is 20.0. The largest absolute Gasteiger partial charge is 0.477 e. The summed E-state index contributed by atoms with van der Waals surface area (Å²) in [6.45, 7) is 16.2. The predicted molar refractivity (Wildman–Crippen MR) is 167 cm³/mol. The quantitative estimate of drug-likeness (QED) is 0.332. The van der Waals surface area contributed by atoms with E-state index in [4.69, 9.17) is 9.72 Å². The van der Waals surface area contributed by atoms with Gasteiger partial charge >= 0.3 is 0 Å². The van der Waals surface area contributed by atoms with Gasteiger partial charge in [-0.1, -0.05) is 33.8 Å². The van der Waals surface area contributed by atoms with Crippen molar-refractivity contribution in [3.05, 3.63) is 48.2 Å². The molecule has 3 aliphatic rings. The van der Waals surface area contributed by atoms with Crippen LogP contribution in [0.2, 0.25) is 0 Å². The number of carbonyl (C=O) groups is 1. The van der Waals surface area contributed by atoms with Gasteiger partial charge in [0, 0.05) is 42.8 Å². The minimum Gasteiger partial charge on any atom is -0.477 e. The lowest BCUT2D eigenvalue weighted by atomic mass is 9.93. The van der Waals surface area contributed by atoms with E-state index in [9.17, 15) is 4.79 Å². The summed E-state index contributed by atoms with van der Waals surface area (Å²) in [5.74, 6) is 3.71. The van der Waals surface area contributed by atoms with Gasteiger partial charge in [-0.2, -0.15) is 0 Å². The molecule has 1 aliphatic carbocycles. The highest BCUT2D eigenvalue weighted by atomic mass is 32.2. The minimum absolute atomic E-state index is 0.141. The minimum atomic E-state index is -0.196. The Bertz CT molecular complexity index is 1450. The first-order valence-corrected chi connectivity index (χ1v) is 15.9. The van der Waals surface area contributed by atoms with Crippen molar-refractivity contribution in [3.8, 4) is 11.7 Å². The van der Waals surface area contributed by atoms with Gasteiger partial charge in [-0.15, -0.1) is 5.10 Å². The van der Waals surface area contributed by atoms with E-state index in [-0.39, 0.29) is 11.4 Å². The van der Waals surface area contributed by atoms with Gasteiger partial charge in [0.05, 0.1) is 12.2 Å². The number of nitrogens with zero attached hydrogens (tertiary/aromatic N) is 5. The van der Waals surface area contributed by atoms with Gasteiger partial charge in [-0.3, -0.25) is 9.52 Å². The summed E-state index contributed by atoms with van der Waals surface area (Å²) in [6, 6.07) is 11.4. The van der Waals surface area contributed by atoms with Crippen LogP contribution in [-0.2, 0) is 0 Å². The van der Waals surface area contributed by atoms with Crippen molar-refractivity contribution in [2.24, 2.45) is 22.7 Å². The van der Waals surface area contributed by atoms with E-state index < -0.39 is 0 Å². The molecule has 2 aliphatic heterocycles. The van der Waals surface area contributed by atoms with Gasteiger partial charge in [-0.05, 0) is 86.5 Å². The number of aromatic nitrogens is 4. The molecule has 6 rings (SSSR count). The Morgan fingerprint density at radius 3 is 2.64 bits per heavy atom. The van der Waals surface area contributed by atoms with Crippen molar-refractivity contribution in [2.75, 3.05) is 29.9 Å². The Balaban J connectivity index is 1.25. The van der Waals surface area contributed by atoms with E-state index in [1.165, 1.54) is 11.9 Å². The van der Waals surface area contributed by atoms with Crippen molar-refractivity contribution >= 4 is 29.5 Å². The molecule has 1 saturated carbocycles. The molecule has 3 aromatic rings. The van der Waals surface area contributed by atoms with Crippen LogP contribution in [0.1, 0.15) is 77.6 Å². The second-order valence-electron chi connectivity index (χ2n) is 13.7. The van der Waals surface area contributed by atoms with Gasteiger partial charge in [0.1, 0.15) is 16.7 Å². The van der Waals surface area contributed by atoms with E-state index in [0.717, 1.165) is 49.6 Å². The Morgan fingerprint density at radius 2 is 1.86 bits per heavy atom. The fourth-order valence-corrected chi connectivity index (χ4v) is 7.68. The third kappa shape index (κ3) is 5.45. The lowest BCUT2D eigenvalue weighted by Crippen LogP contribution is -2.40. The smallest absolute Gasteiger partial charge is 0.265 e. The molecule has 1 saturated heterocycles. The molecule has 0 spiro atoms. The lowest BCUT2D eigenvalue weighted by molar-refractivity contribution is 0.0984. The molecular formula is C32H43N7O2S. The van der Waals surface area contributed by atoms with E-state index in [1.54, 1.807) is 4.68 Å². The number of carbonyl (C=O) groups excluding carboxylic acids is 1. The molecule has 4 bridgehead atoms. The van der Waals surface area contributed by atoms with Crippen LogP contribution in [0.3, 0.4) is 0 Å². The summed E-state index contributed by atoms with van der Waals surface area (Å²) >= 11 is 1.22. The number of rotatable bonds is 5. The van der Waals surface area contributed by atoms with Crippen molar-refractivity contribution in [2.45, 2.75) is 77.8 Å². The summed E-state index contributed by atoms with van der Waals surface area (Å²) in [4.78, 5) is 25.6. The normalized spacial score (nSPS) is 22.8. The van der Waals surface area contributed by atoms with E-state index >= 15 is 0 Å². The first kappa shape index (κ1) is 28.8. The maximum Gasteiger partial charge on any atom is 0.265 e. The summed E-state index contributed by atoms with van der Waals surface area (Å²) in [5, 5.41) is 8.84. The molecular weight excluding hydrogens is 546 g/mol. The number of anilines is 2. The van der Waals surface area contributed by atoms with E-state index in [2.05, 4.69) is 66.6 Å². The highest BCUT2D eigenvalue weighted by Crippen LogP contribution is 2.69. The van der Waals surface area contributed by atoms with E-state index in [0.29, 0.717) is 52.4 Å². The predicted octanol–water partition coefficient (Wildman–Crippen LogP) is 6.36. The topological polar surface area (TPSA) is 97.2 Å². The molecule has 0 aromatic carbocycles. The second-order valence-corrected chi connectivity index (χ2v) is 14.6. The molecule has 0 unspecified atom stereocenters. The lowest BCUT2D eigenvalue weighted by Gasteiger charge is -2.34. The van der Waals surface area contributed by atoms with Crippen LogP contribution in [-0.4, -0.2) is 50.9 Å². The highest BCUT2D eigenvalue weighted by Gasteiger charge is 2.63. The number of fused-ring (bicyclic) bond motifs is 6. The number of hydrogen-bond donors (Lipinski definition) is 2. The molecule has 42 heavy (non-hydrogen) atoms. The first-order valence-electron chi connectivity index (χ1n) is 15.1. The maximum absolute atomic E-state index is 13.6. The van der Waals surface area contributed by atoms with Gasteiger partial charge in [0.15, 0.2) is 5.82 Å². The second kappa shape index (κ2) is 10.8. The van der Waals surface area contributed by atoms with Crippen LogP contribution in [0.4, 0.5) is 11.6 Å². The van der Waals surface area contributed by atoms with Crippen molar-refractivity contribution in [1.82, 2.24) is 24.5 Å². The summed E-state index contributed by atoms with van der Waals surface area (Å²) in [7, 11) is 0. The molecule has 2 N–H and O–H groups in total. The van der Waals surface area contributed by atoms with Gasteiger partial charge < -0.3 is 15.0 Å². The average Bonchev–Trinajstić information content (AvgIpc) is 3.35. The van der Waals surface area contributed by atoms with Gasteiger partial charge in [0.2, 0.25) is 5.88 Å². The third-order valence-corrected chi connectivity index (χ3v) is 10.9. The van der Waals surface area contributed by atoms with Crippen LogP contribution < -0.4 is 19.7 Å². The Morgan fingerprint density at radius 1 is 1.05 bits per heavy atom. The van der Waals surface area contributed by atoms with Crippen LogP contribution >= 0.6 is 11.9 Å². The SMILES string of the molecule is CC1(C)C[C@@H]2CCCNc3cccc(n3)SNC(=O)c3ccc(-n4ccc(OCCC5C(C)(C)C5(C)C)n4)nc3N1C2. The molecule has 9 nitrogen and oxygen atoms in total. The van der Waals surface area contributed by atoms with Crippen LogP contribution in [0.15, 0.2) is 47.6 Å². The Kier molecular flexibility index (Phi) is 7.40. The maximum atomic E-state index is 13.6. The zero-order valence-electron chi connectivity index (χ0n) is 25.6. The van der Waals surface area contributed by atoms with Crippen molar-refractivity contribution in [3.63, 3.8) is 0 Å². The zero-order valence-corrected chi connectivity index (χ0v) is 26.4. The standard InChI is InChI=1S/C32H43N7O2S/c1-30(2)19-21-9-8-16-33-24-10-7-11-27(34-24)42-37-29(40)22-12-13-25(35-28(22)38(30)20-21)39-17-14-26(36-39)41-18-15-23-31(3,4)32(23,5)6/h7,10-14,17,21,23H,8-9,15-16,18-20H2,1-6H3,(H,33,34)(H,37,40)/t21-/m0/s1. The number of hydrogen-bond acceptors (Lipinski definition) is 8. The molecule has 10 heteroatoms. The Hall–Kier alpha value is -3.27. The molecule has 1 atom stereocenters. The van der Waals surface area contributed by atoms with Crippen molar-refractivity contribution < 1.29 is 9.53 Å². The molecule has 224 valence electrons. The monoisotopic (exact) mass is 589 g/mol. The summed E-state index contributed by atoms with van der Waals surface area (Å²) in [5.41, 5.74) is 1.09. The van der Waals surface area contributed by atoms with Crippen LogP contribution in [0, 0.1) is 22.7 Å². The fraction of sp³-hybridized carbons (Fsp3) is 0.562. The average molecular weight is 590 g/mol. The Labute approximate surface area is 253 Å². The molecule has 5 heterocycles. The van der Waals surface area contributed by atoms with Crippen LogP contribution in [0.5, 0.6) is 5.88 Å². The number of nitrogens with one attached hydrogen (secondary N) is 2. The van der Waals surface area contributed by atoms with Crippen LogP contribution in [0.25, 0.3) is 5.82 Å². The van der Waals surface area contributed by atoms with Gasteiger partial charge in [0.25, 0.3) is 5.91 Å². The number of pyridine rings is 2. The van der Waals surface area contributed by atoms with Gasteiger partial charge in [-0.25, -0.2) is 14.6 Å². The number of ether oxygens (including phenoxy) is 1. The molecule has 1 amide bonds. The van der Waals surface area contributed by atoms with Crippen molar-refractivity contribution in [1.29, 1.82) is 0 Å². The summed E-state index contributed by atoms with van der Waals surface area (Å²) < 4.78 is 10.8. The molecule has 3 aromatic heterocycles. The molecule has 2 fully saturated rings. The number of amides is 1. The highest BCUT2D eigenvalue weighted by molar-refractivity contribution is 7.97. The fourth-order valence-electron chi connectivity index (χ4n) is 7.08.